The predicted molar refractivity (Wildman–Crippen MR) is 66.1 cm³/mol. The molecular formula is C13H13NO2S. The molecule has 0 aliphatic carbocycles. The molecule has 88 valence electrons. The number of hydrogen-bond acceptors (Lipinski definition) is 3. The number of carboxylic acids is 1. The maximum absolute atomic E-state index is 11.2. The summed E-state index contributed by atoms with van der Waals surface area (Å²) in [6.07, 6.45) is 2.08. The third-order valence-electron chi connectivity index (χ3n) is 3.14. The van der Waals surface area contributed by atoms with Crippen molar-refractivity contribution in [2.75, 3.05) is 5.75 Å². The van der Waals surface area contributed by atoms with Crippen LogP contribution in [0, 0.1) is 11.3 Å². The molecule has 0 amide bonds. The van der Waals surface area contributed by atoms with Crippen molar-refractivity contribution in [3.8, 4) is 6.07 Å². The third-order valence-corrected chi connectivity index (χ3v) is 4.34. The number of rotatable bonds is 2. The second kappa shape index (κ2) is 4.42. The first-order valence-electron chi connectivity index (χ1n) is 5.49. The summed E-state index contributed by atoms with van der Waals surface area (Å²) in [5.74, 6) is 0.0178. The van der Waals surface area contributed by atoms with E-state index >= 15 is 0 Å². The van der Waals surface area contributed by atoms with E-state index in [9.17, 15) is 4.79 Å². The number of carbonyl (C=O) groups is 1. The lowest BCUT2D eigenvalue weighted by atomic mass is 9.83. The lowest BCUT2D eigenvalue weighted by Gasteiger charge is -2.21. The van der Waals surface area contributed by atoms with Gasteiger partial charge in [0, 0.05) is 4.90 Å². The average molecular weight is 247 g/mol. The van der Waals surface area contributed by atoms with E-state index in [0.717, 1.165) is 18.6 Å². The number of carboxylic acid groups (broad SMARTS) is 1. The molecule has 0 saturated carbocycles. The van der Waals surface area contributed by atoms with Gasteiger partial charge in [0.15, 0.2) is 5.41 Å². The van der Waals surface area contributed by atoms with Crippen molar-refractivity contribution in [2.24, 2.45) is 0 Å². The molecule has 1 unspecified atom stereocenters. The van der Waals surface area contributed by atoms with Crippen molar-refractivity contribution in [2.45, 2.75) is 30.1 Å². The van der Waals surface area contributed by atoms with Crippen LogP contribution < -0.4 is 0 Å². The number of nitrogens with zero attached hydrogens (tertiary/aromatic N) is 1. The molecule has 0 saturated heterocycles. The van der Waals surface area contributed by atoms with Crippen LogP contribution in [0.1, 0.15) is 24.5 Å². The zero-order valence-corrected chi connectivity index (χ0v) is 10.4. The summed E-state index contributed by atoms with van der Waals surface area (Å²) in [5, 5.41) is 18.2. The molecule has 0 fully saturated rings. The second-order valence-corrected chi connectivity index (χ2v) is 5.45. The number of thioether (sulfide) groups is 1. The predicted octanol–water partition coefficient (Wildman–Crippen LogP) is 2.59. The SMILES string of the molecule is CC(C#N)(C(=O)O)c1ccc2c(c1)CCCS2. The van der Waals surface area contributed by atoms with Crippen LogP contribution in [-0.2, 0) is 16.6 Å². The maximum Gasteiger partial charge on any atom is 0.328 e. The lowest BCUT2D eigenvalue weighted by molar-refractivity contribution is -0.141. The van der Waals surface area contributed by atoms with E-state index < -0.39 is 11.4 Å². The van der Waals surface area contributed by atoms with Gasteiger partial charge < -0.3 is 5.11 Å². The molecule has 3 nitrogen and oxygen atoms in total. The van der Waals surface area contributed by atoms with Gasteiger partial charge in [0.2, 0.25) is 0 Å². The Kier molecular flexibility index (Phi) is 3.12. The summed E-state index contributed by atoms with van der Waals surface area (Å²) in [4.78, 5) is 12.4. The Hall–Kier alpha value is -1.47. The number of hydrogen-bond donors (Lipinski definition) is 1. The van der Waals surface area contributed by atoms with Gasteiger partial charge in [-0.25, -0.2) is 0 Å². The van der Waals surface area contributed by atoms with Crippen molar-refractivity contribution in [1.82, 2.24) is 0 Å². The van der Waals surface area contributed by atoms with E-state index in [-0.39, 0.29) is 0 Å². The van der Waals surface area contributed by atoms with Crippen LogP contribution in [0.2, 0.25) is 0 Å². The highest BCUT2D eigenvalue weighted by Gasteiger charge is 2.35. The van der Waals surface area contributed by atoms with Crippen molar-refractivity contribution >= 4 is 17.7 Å². The monoisotopic (exact) mass is 247 g/mol. The van der Waals surface area contributed by atoms with Gasteiger partial charge in [-0.1, -0.05) is 12.1 Å². The molecule has 1 aliphatic heterocycles. The average Bonchev–Trinajstić information content (AvgIpc) is 2.37. The summed E-state index contributed by atoms with van der Waals surface area (Å²) in [5.41, 5.74) is 0.298. The van der Waals surface area contributed by atoms with E-state index in [1.54, 1.807) is 17.8 Å². The molecule has 1 atom stereocenters. The molecule has 1 aliphatic rings. The Bertz CT molecular complexity index is 507. The van der Waals surface area contributed by atoms with Crippen LogP contribution in [0.25, 0.3) is 0 Å². The molecule has 1 aromatic carbocycles. The van der Waals surface area contributed by atoms with Crippen LogP contribution in [0.15, 0.2) is 23.1 Å². The maximum atomic E-state index is 11.2. The van der Waals surface area contributed by atoms with Gasteiger partial charge in [0.1, 0.15) is 0 Å². The van der Waals surface area contributed by atoms with Gasteiger partial charge in [0.05, 0.1) is 6.07 Å². The normalized spacial score (nSPS) is 17.6. The van der Waals surface area contributed by atoms with Crippen LogP contribution in [0.3, 0.4) is 0 Å². The van der Waals surface area contributed by atoms with Gasteiger partial charge in [-0.05, 0) is 42.7 Å². The minimum Gasteiger partial charge on any atom is -0.480 e. The van der Waals surface area contributed by atoms with Crippen LogP contribution in [0.4, 0.5) is 0 Å². The van der Waals surface area contributed by atoms with Crippen molar-refractivity contribution in [3.05, 3.63) is 29.3 Å². The molecular weight excluding hydrogens is 234 g/mol. The first kappa shape index (κ1) is 12.0. The Morgan fingerprint density at radius 1 is 1.59 bits per heavy atom. The summed E-state index contributed by atoms with van der Waals surface area (Å²) in [6.45, 7) is 1.45. The fourth-order valence-corrected chi connectivity index (χ4v) is 2.93. The van der Waals surface area contributed by atoms with Crippen LogP contribution in [-0.4, -0.2) is 16.8 Å². The Morgan fingerprint density at radius 2 is 2.35 bits per heavy atom. The Labute approximate surface area is 104 Å². The van der Waals surface area contributed by atoms with E-state index in [1.165, 1.54) is 17.4 Å². The van der Waals surface area contributed by atoms with E-state index in [1.807, 2.05) is 18.2 Å². The summed E-state index contributed by atoms with van der Waals surface area (Å²) in [6, 6.07) is 7.46. The number of nitriles is 1. The van der Waals surface area contributed by atoms with Crippen molar-refractivity contribution in [3.63, 3.8) is 0 Å². The molecule has 2 rings (SSSR count). The Morgan fingerprint density at radius 3 is 3.00 bits per heavy atom. The van der Waals surface area contributed by atoms with E-state index in [2.05, 4.69) is 0 Å². The molecule has 1 heterocycles. The van der Waals surface area contributed by atoms with Gasteiger partial charge in [0.25, 0.3) is 0 Å². The van der Waals surface area contributed by atoms with Gasteiger partial charge in [-0.3, -0.25) is 4.79 Å². The first-order valence-corrected chi connectivity index (χ1v) is 6.47. The number of fused-ring (bicyclic) bond motifs is 1. The highest BCUT2D eigenvalue weighted by molar-refractivity contribution is 7.99. The highest BCUT2D eigenvalue weighted by Crippen LogP contribution is 2.33. The lowest BCUT2D eigenvalue weighted by Crippen LogP contribution is -2.30. The molecule has 0 radical (unpaired) electrons. The van der Waals surface area contributed by atoms with Crippen LogP contribution >= 0.6 is 11.8 Å². The smallest absolute Gasteiger partial charge is 0.328 e. The van der Waals surface area contributed by atoms with E-state index in [4.69, 9.17) is 10.4 Å². The zero-order chi connectivity index (χ0) is 12.5. The van der Waals surface area contributed by atoms with E-state index in [0.29, 0.717) is 5.56 Å². The molecule has 0 spiro atoms. The largest absolute Gasteiger partial charge is 0.480 e. The minimum absolute atomic E-state index is 0.578. The third kappa shape index (κ3) is 2.03. The van der Waals surface area contributed by atoms with Crippen molar-refractivity contribution in [1.29, 1.82) is 5.26 Å². The van der Waals surface area contributed by atoms with Crippen molar-refractivity contribution < 1.29 is 9.90 Å². The molecule has 1 N–H and O–H groups in total. The fourth-order valence-electron chi connectivity index (χ4n) is 1.91. The standard InChI is InChI=1S/C13H13NO2S/c1-13(8-14,12(15)16)10-4-5-11-9(7-10)3-2-6-17-11/h4-5,7H,2-3,6H2,1H3,(H,15,16). The number of aliphatic carboxylic acids is 1. The topological polar surface area (TPSA) is 61.1 Å². The molecule has 0 bridgehead atoms. The van der Waals surface area contributed by atoms with Gasteiger partial charge in [-0.2, -0.15) is 5.26 Å². The zero-order valence-electron chi connectivity index (χ0n) is 9.56. The van der Waals surface area contributed by atoms with Crippen LogP contribution in [0.5, 0.6) is 0 Å². The first-order chi connectivity index (χ1) is 8.08. The quantitative estimate of drug-likeness (QED) is 0.872. The minimum atomic E-state index is -1.45. The summed E-state index contributed by atoms with van der Waals surface area (Å²) < 4.78 is 0. The summed E-state index contributed by atoms with van der Waals surface area (Å²) in [7, 11) is 0. The second-order valence-electron chi connectivity index (χ2n) is 4.32. The number of aryl methyl sites for hydroxylation is 1. The molecule has 17 heavy (non-hydrogen) atoms. The molecule has 1 aromatic rings. The molecule has 0 aromatic heterocycles. The summed E-state index contributed by atoms with van der Waals surface area (Å²) >= 11 is 1.79. The number of benzene rings is 1. The van der Waals surface area contributed by atoms with Gasteiger partial charge >= 0.3 is 5.97 Å². The fraction of sp³-hybridized carbons (Fsp3) is 0.385. The highest BCUT2D eigenvalue weighted by atomic mass is 32.2. The Balaban J connectivity index is 2.47. The van der Waals surface area contributed by atoms with Gasteiger partial charge in [-0.15, -0.1) is 11.8 Å². The molecule has 4 heteroatoms.